The Balaban J connectivity index is 1.58. The van der Waals surface area contributed by atoms with E-state index in [1.165, 1.54) is 18.4 Å². The number of aromatic nitrogens is 3. The van der Waals surface area contributed by atoms with Gasteiger partial charge in [0, 0.05) is 51.2 Å². The Morgan fingerprint density at radius 2 is 2.14 bits per heavy atom. The fraction of sp³-hybridized carbons (Fsp3) is 0.438. The minimum atomic E-state index is 0.487. The molecule has 0 aliphatic carbocycles. The van der Waals surface area contributed by atoms with E-state index in [1.807, 2.05) is 37.6 Å². The Hall–Kier alpha value is -2.21. The summed E-state index contributed by atoms with van der Waals surface area (Å²) in [5, 5.41) is 6.61. The Kier molecular flexibility index (Phi) is 4.80. The number of nitrogens with one attached hydrogen (secondary N) is 2. The normalized spacial score (nSPS) is 17.7. The van der Waals surface area contributed by atoms with Crippen LogP contribution in [0.1, 0.15) is 18.4 Å². The molecule has 0 bridgehead atoms. The third kappa shape index (κ3) is 3.51. The molecule has 0 amide bonds. The van der Waals surface area contributed by atoms with Gasteiger partial charge in [-0.25, -0.2) is 9.97 Å². The highest BCUT2D eigenvalue weighted by molar-refractivity contribution is 5.49. The van der Waals surface area contributed by atoms with Crippen molar-refractivity contribution in [2.75, 3.05) is 30.4 Å². The molecule has 0 spiro atoms. The zero-order valence-electron chi connectivity index (χ0n) is 12.9. The molecule has 0 aromatic carbocycles. The Labute approximate surface area is 131 Å². The number of anilines is 2. The van der Waals surface area contributed by atoms with Crippen molar-refractivity contribution in [2.45, 2.75) is 25.4 Å². The van der Waals surface area contributed by atoms with Crippen LogP contribution in [0.3, 0.4) is 0 Å². The molecule has 2 aromatic rings. The molecule has 1 atom stereocenters. The lowest BCUT2D eigenvalue weighted by atomic mass is 10.2. The molecule has 2 N–H and O–H groups in total. The van der Waals surface area contributed by atoms with Crippen molar-refractivity contribution in [1.29, 1.82) is 0 Å². The summed E-state index contributed by atoms with van der Waals surface area (Å²) in [6.45, 7) is 2.89. The van der Waals surface area contributed by atoms with E-state index in [0.29, 0.717) is 6.04 Å². The van der Waals surface area contributed by atoms with Crippen LogP contribution < -0.4 is 15.5 Å². The number of pyridine rings is 1. The van der Waals surface area contributed by atoms with Gasteiger partial charge in [-0.05, 0) is 30.5 Å². The molecule has 3 heterocycles. The zero-order valence-corrected chi connectivity index (χ0v) is 12.9. The number of nitrogens with zero attached hydrogens (tertiary/aromatic N) is 4. The van der Waals surface area contributed by atoms with Crippen LogP contribution in [0.25, 0.3) is 0 Å². The van der Waals surface area contributed by atoms with Crippen LogP contribution in [-0.2, 0) is 6.54 Å². The molecule has 22 heavy (non-hydrogen) atoms. The smallest absolute Gasteiger partial charge is 0.134 e. The second-order valence-corrected chi connectivity index (χ2v) is 5.49. The lowest BCUT2D eigenvalue weighted by Gasteiger charge is -2.26. The number of hydrogen-bond donors (Lipinski definition) is 2. The first-order valence-electron chi connectivity index (χ1n) is 7.73. The molecule has 6 heteroatoms. The van der Waals surface area contributed by atoms with Gasteiger partial charge in [-0.15, -0.1) is 0 Å². The largest absolute Gasteiger partial charge is 0.373 e. The van der Waals surface area contributed by atoms with E-state index in [1.54, 1.807) is 6.33 Å². The third-order valence-electron chi connectivity index (χ3n) is 4.04. The summed E-state index contributed by atoms with van der Waals surface area (Å²) in [7, 11) is 1.88. The number of rotatable bonds is 6. The SMILES string of the molecule is CNc1cc(N2CCCC2CNCc2ccncc2)ncn1. The van der Waals surface area contributed by atoms with Crippen LogP contribution in [0.2, 0.25) is 0 Å². The van der Waals surface area contributed by atoms with Crippen LogP contribution in [0, 0.1) is 0 Å². The van der Waals surface area contributed by atoms with E-state index in [0.717, 1.165) is 31.3 Å². The van der Waals surface area contributed by atoms with Gasteiger partial charge in [0.1, 0.15) is 18.0 Å². The van der Waals surface area contributed by atoms with Crippen LogP contribution in [0.15, 0.2) is 36.9 Å². The van der Waals surface area contributed by atoms with E-state index in [-0.39, 0.29) is 0 Å². The van der Waals surface area contributed by atoms with Gasteiger partial charge in [-0.1, -0.05) is 0 Å². The minimum Gasteiger partial charge on any atom is -0.373 e. The fourth-order valence-electron chi connectivity index (χ4n) is 2.87. The van der Waals surface area contributed by atoms with Crippen molar-refractivity contribution < 1.29 is 0 Å². The molecular formula is C16H22N6. The summed E-state index contributed by atoms with van der Waals surface area (Å²) in [5.74, 6) is 1.87. The van der Waals surface area contributed by atoms with Crippen molar-refractivity contribution >= 4 is 11.6 Å². The predicted molar refractivity (Wildman–Crippen MR) is 87.9 cm³/mol. The first kappa shape index (κ1) is 14.7. The van der Waals surface area contributed by atoms with Gasteiger partial charge in [-0.2, -0.15) is 0 Å². The fourth-order valence-corrected chi connectivity index (χ4v) is 2.87. The van der Waals surface area contributed by atoms with Gasteiger partial charge in [-0.3, -0.25) is 4.98 Å². The molecule has 1 aliphatic heterocycles. The molecule has 1 unspecified atom stereocenters. The molecular weight excluding hydrogens is 276 g/mol. The third-order valence-corrected chi connectivity index (χ3v) is 4.04. The molecule has 1 saturated heterocycles. The molecule has 0 saturated carbocycles. The van der Waals surface area contributed by atoms with Crippen LogP contribution in [-0.4, -0.2) is 41.1 Å². The van der Waals surface area contributed by atoms with Crippen LogP contribution in [0.4, 0.5) is 11.6 Å². The van der Waals surface area contributed by atoms with Gasteiger partial charge >= 0.3 is 0 Å². The predicted octanol–water partition coefficient (Wildman–Crippen LogP) is 1.67. The van der Waals surface area contributed by atoms with E-state index in [2.05, 4.69) is 30.5 Å². The average Bonchev–Trinajstić information content (AvgIpc) is 3.04. The van der Waals surface area contributed by atoms with Gasteiger partial charge in [0.25, 0.3) is 0 Å². The first-order chi connectivity index (χ1) is 10.9. The molecule has 1 aliphatic rings. The van der Waals surface area contributed by atoms with E-state index < -0.39 is 0 Å². The summed E-state index contributed by atoms with van der Waals surface area (Å²) in [4.78, 5) is 15.0. The Morgan fingerprint density at radius 3 is 2.95 bits per heavy atom. The highest BCUT2D eigenvalue weighted by atomic mass is 15.2. The van der Waals surface area contributed by atoms with Gasteiger partial charge < -0.3 is 15.5 Å². The van der Waals surface area contributed by atoms with Crippen molar-refractivity contribution in [2.24, 2.45) is 0 Å². The van der Waals surface area contributed by atoms with Crippen molar-refractivity contribution in [3.8, 4) is 0 Å². The molecule has 116 valence electrons. The highest BCUT2D eigenvalue weighted by Crippen LogP contribution is 2.24. The summed E-state index contributed by atoms with van der Waals surface area (Å²) in [5.41, 5.74) is 1.26. The topological polar surface area (TPSA) is 66.0 Å². The quantitative estimate of drug-likeness (QED) is 0.846. The van der Waals surface area contributed by atoms with Crippen LogP contribution >= 0.6 is 0 Å². The summed E-state index contributed by atoms with van der Waals surface area (Å²) >= 11 is 0. The molecule has 3 rings (SSSR count). The summed E-state index contributed by atoms with van der Waals surface area (Å²) < 4.78 is 0. The van der Waals surface area contributed by atoms with Gasteiger partial charge in [0.2, 0.25) is 0 Å². The van der Waals surface area contributed by atoms with Crippen LogP contribution in [0.5, 0.6) is 0 Å². The first-order valence-corrected chi connectivity index (χ1v) is 7.73. The van der Waals surface area contributed by atoms with Gasteiger partial charge in [0.15, 0.2) is 0 Å². The molecule has 6 nitrogen and oxygen atoms in total. The molecule has 0 radical (unpaired) electrons. The second kappa shape index (κ2) is 7.17. The number of hydrogen-bond acceptors (Lipinski definition) is 6. The summed E-state index contributed by atoms with van der Waals surface area (Å²) in [6.07, 6.45) is 7.70. The lowest BCUT2D eigenvalue weighted by molar-refractivity contribution is 0.570. The molecule has 1 fully saturated rings. The highest BCUT2D eigenvalue weighted by Gasteiger charge is 2.25. The maximum atomic E-state index is 4.42. The standard InChI is InChI=1S/C16H22N6/c1-17-15-9-16(21-12-20-15)22-8-2-3-14(22)11-19-10-13-4-6-18-7-5-13/h4-7,9,12,14,19H,2-3,8,10-11H2,1H3,(H,17,20,21). The summed E-state index contributed by atoms with van der Waals surface area (Å²) in [6, 6.07) is 6.59. The molecule has 2 aromatic heterocycles. The monoisotopic (exact) mass is 298 g/mol. The van der Waals surface area contributed by atoms with E-state index in [9.17, 15) is 0 Å². The van der Waals surface area contributed by atoms with Gasteiger partial charge in [0.05, 0.1) is 0 Å². The van der Waals surface area contributed by atoms with Crippen molar-refractivity contribution in [3.63, 3.8) is 0 Å². The Bertz CT molecular complexity index is 588. The van der Waals surface area contributed by atoms with E-state index >= 15 is 0 Å². The zero-order chi connectivity index (χ0) is 15.2. The van der Waals surface area contributed by atoms with Crippen molar-refractivity contribution in [1.82, 2.24) is 20.3 Å². The Morgan fingerprint density at radius 1 is 1.27 bits per heavy atom. The van der Waals surface area contributed by atoms with Crippen molar-refractivity contribution in [3.05, 3.63) is 42.5 Å². The maximum Gasteiger partial charge on any atom is 0.134 e. The maximum absolute atomic E-state index is 4.42. The average molecular weight is 298 g/mol. The minimum absolute atomic E-state index is 0.487. The van der Waals surface area contributed by atoms with E-state index in [4.69, 9.17) is 0 Å². The lowest BCUT2D eigenvalue weighted by Crippen LogP contribution is -2.38. The second-order valence-electron chi connectivity index (χ2n) is 5.49.